The lowest BCUT2D eigenvalue weighted by Crippen LogP contribution is -2.02. The van der Waals surface area contributed by atoms with Gasteiger partial charge in [-0.05, 0) is 42.3 Å². The zero-order valence-corrected chi connectivity index (χ0v) is 11.1. The molecule has 0 radical (unpaired) electrons. The predicted molar refractivity (Wildman–Crippen MR) is 79.8 cm³/mol. The summed E-state index contributed by atoms with van der Waals surface area (Å²) in [4.78, 5) is 13.8. The topological polar surface area (TPSA) is 84.0 Å². The van der Waals surface area contributed by atoms with Gasteiger partial charge in [0.1, 0.15) is 0 Å². The maximum absolute atomic E-state index is 11.1. The Morgan fingerprint density at radius 1 is 1.25 bits per heavy atom. The Balaban J connectivity index is 1.82. The molecule has 4 N–H and O–H groups in total. The molecule has 0 saturated carbocycles. The van der Waals surface area contributed by atoms with E-state index in [1.54, 1.807) is 6.07 Å². The fourth-order valence-electron chi connectivity index (χ4n) is 2.13. The summed E-state index contributed by atoms with van der Waals surface area (Å²) < 4.78 is 4.97. The second kappa shape index (κ2) is 4.77. The minimum absolute atomic E-state index is 0.437. The van der Waals surface area contributed by atoms with Gasteiger partial charge in [-0.3, -0.25) is 4.98 Å². The number of aryl methyl sites for hydroxylation is 1. The van der Waals surface area contributed by atoms with Crippen molar-refractivity contribution in [1.82, 2.24) is 4.98 Å². The number of fused-ring (bicyclic) bond motifs is 1. The Bertz CT molecular complexity index is 817. The van der Waals surface area contributed by atoms with Crippen LogP contribution in [0.5, 0.6) is 0 Å². The van der Waals surface area contributed by atoms with Crippen LogP contribution in [-0.2, 0) is 6.54 Å². The minimum Gasteiger partial charge on any atom is -0.408 e. The first kappa shape index (κ1) is 12.3. The van der Waals surface area contributed by atoms with E-state index in [0.29, 0.717) is 23.3 Å². The van der Waals surface area contributed by atoms with E-state index in [9.17, 15) is 4.79 Å². The molecule has 0 spiro atoms. The minimum atomic E-state index is -0.437. The van der Waals surface area contributed by atoms with E-state index in [-0.39, 0.29) is 0 Å². The quantitative estimate of drug-likeness (QED) is 0.638. The number of oxazole rings is 1. The lowest BCUT2D eigenvalue weighted by molar-refractivity contribution is 0.555. The summed E-state index contributed by atoms with van der Waals surface area (Å²) in [6, 6.07) is 11.5. The first-order valence-corrected chi connectivity index (χ1v) is 6.33. The van der Waals surface area contributed by atoms with Crippen molar-refractivity contribution in [1.29, 1.82) is 0 Å². The fraction of sp³-hybridized carbons (Fsp3) is 0.133. The van der Waals surface area contributed by atoms with Gasteiger partial charge < -0.3 is 15.5 Å². The number of nitrogens with two attached hydrogens (primary N) is 1. The summed E-state index contributed by atoms with van der Waals surface area (Å²) in [5, 5.41) is 3.29. The molecule has 0 fully saturated rings. The van der Waals surface area contributed by atoms with Crippen LogP contribution in [0.1, 0.15) is 11.1 Å². The van der Waals surface area contributed by atoms with E-state index in [1.165, 1.54) is 0 Å². The summed E-state index contributed by atoms with van der Waals surface area (Å²) in [6.07, 6.45) is 0. The maximum Gasteiger partial charge on any atom is 0.417 e. The molecule has 3 rings (SSSR count). The van der Waals surface area contributed by atoms with Crippen molar-refractivity contribution in [3.8, 4) is 0 Å². The number of hydrogen-bond acceptors (Lipinski definition) is 4. The summed E-state index contributed by atoms with van der Waals surface area (Å²) in [6.45, 7) is 2.64. The molecule has 20 heavy (non-hydrogen) atoms. The fourth-order valence-corrected chi connectivity index (χ4v) is 2.13. The highest BCUT2D eigenvalue weighted by molar-refractivity contribution is 5.73. The van der Waals surface area contributed by atoms with Crippen LogP contribution in [0.15, 0.2) is 45.6 Å². The van der Waals surface area contributed by atoms with Gasteiger partial charge in [0.2, 0.25) is 0 Å². The average Bonchev–Trinajstić information content (AvgIpc) is 2.79. The van der Waals surface area contributed by atoms with Crippen LogP contribution in [0.2, 0.25) is 0 Å². The van der Waals surface area contributed by atoms with E-state index >= 15 is 0 Å². The highest BCUT2D eigenvalue weighted by atomic mass is 16.4. The average molecular weight is 269 g/mol. The van der Waals surface area contributed by atoms with Gasteiger partial charge in [0, 0.05) is 6.54 Å². The molecule has 0 aliphatic heterocycles. The Morgan fingerprint density at radius 3 is 2.95 bits per heavy atom. The molecule has 5 nitrogen and oxygen atoms in total. The largest absolute Gasteiger partial charge is 0.417 e. The number of aromatic amines is 1. The number of nitrogens with one attached hydrogen (secondary N) is 2. The van der Waals surface area contributed by atoms with Crippen molar-refractivity contribution in [2.75, 3.05) is 11.1 Å². The van der Waals surface area contributed by atoms with Crippen LogP contribution in [-0.4, -0.2) is 4.98 Å². The van der Waals surface area contributed by atoms with Gasteiger partial charge in [-0.1, -0.05) is 12.1 Å². The summed E-state index contributed by atoms with van der Waals surface area (Å²) in [5.41, 5.74) is 11.0. The second-order valence-corrected chi connectivity index (χ2v) is 4.79. The Labute approximate surface area is 115 Å². The molecule has 0 amide bonds. The van der Waals surface area contributed by atoms with Crippen LogP contribution in [0.25, 0.3) is 11.1 Å². The van der Waals surface area contributed by atoms with Crippen molar-refractivity contribution >= 4 is 22.5 Å². The van der Waals surface area contributed by atoms with E-state index in [2.05, 4.69) is 10.3 Å². The molecule has 0 unspecified atom stereocenters. The number of H-pyrrole nitrogens is 1. The number of anilines is 2. The summed E-state index contributed by atoms with van der Waals surface area (Å²) in [5.74, 6) is -0.437. The standard InChI is InChI=1S/C15H15N3O2/c1-9-2-4-11(16)12(6-9)17-8-10-3-5-14-13(7-10)18-15(19)20-14/h2-7,17H,8,16H2,1H3,(H,18,19). The summed E-state index contributed by atoms with van der Waals surface area (Å²) in [7, 11) is 0. The van der Waals surface area contributed by atoms with E-state index in [1.807, 2.05) is 37.3 Å². The second-order valence-electron chi connectivity index (χ2n) is 4.79. The number of aromatic nitrogens is 1. The highest BCUT2D eigenvalue weighted by Gasteiger charge is 2.03. The SMILES string of the molecule is Cc1ccc(N)c(NCc2ccc3oc(=O)[nH]c3c2)c1. The molecule has 0 bridgehead atoms. The molecule has 0 atom stereocenters. The van der Waals surface area contributed by atoms with Crippen LogP contribution >= 0.6 is 0 Å². The van der Waals surface area contributed by atoms with Gasteiger partial charge in [-0.25, -0.2) is 4.79 Å². The molecule has 3 aromatic rings. The normalized spacial score (nSPS) is 10.8. The number of rotatable bonds is 3. The van der Waals surface area contributed by atoms with Gasteiger partial charge in [0.15, 0.2) is 5.58 Å². The first-order chi connectivity index (χ1) is 9.61. The first-order valence-electron chi connectivity index (χ1n) is 6.33. The predicted octanol–water partition coefficient (Wildman–Crippen LogP) is 2.62. The molecule has 0 saturated heterocycles. The molecular weight excluding hydrogens is 254 g/mol. The Morgan fingerprint density at radius 2 is 2.10 bits per heavy atom. The monoisotopic (exact) mass is 269 g/mol. The van der Waals surface area contributed by atoms with Crippen molar-refractivity contribution in [2.24, 2.45) is 0 Å². The van der Waals surface area contributed by atoms with Crippen LogP contribution < -0.4 is 16.8 Å². The third-order valence-corrected chi connectivity index (χ3v) is 3.18. The Kier molecular flexibility index (Phi) is 2.95. The van der Waals surface area contributed by atoms with E-state index < -0.39 is 5.76 Å². The van der Waals surface area contributed by atoms with E-state index in [0.717, 1.165) is 16.8 Å². The van der Waals surface area contributed by atoms with Crippen LogP contribution in [0.3, 0.4) is 0 Å². The molecule has 0 aliphatic carbocycles. The smallest absolute Gasteiger partial charge is 0.408 e. The van der Waals surface area contributed by atoms with Crippen molar-refractivity contribution in [3.63, 3.8) is 0 Å². The van der Waals surface area contributed by atoms with Crippen molar-refractivity contribution in [2.45, 2.75) is 13.5 Å². The van der Waals surface area contributed by atoms with Crippen LogP contribution in [0, 0.1) is 6.92 Å². The molecule has 0 aliphatic rings. The Hall–Kier alpha value is -2.69. The van der Waals surface area contributed by atoms with Gasteiger partial charge in [0.05, 0.1) is 16.9 Å². The van der Waals surface area contributed by atoms with Gasteiger partial charge in [0.25, 0.3) is 0 Å². The molecule has 1 heterocycles. The third-order valence-electron chi connectivity index (χ3n) is 3.18. The lowest BCUT2D eigenvalue weighted by Gasteiger charge is -2.10. The lowest BCUT2D eigenvalue weighted by atomic mass is 10.1. The molecule has 102 valence electrons. The van der Waals surface area contributed by atoms with Crippen LogP contribution in [0.4, 0.5) is 11.4 Å². The van der Waals surface area contributed by atoms with Gasteiger partial charge >= 0.3 is 5.76 Å². The van der Waals surface area contributed by atoms with Gasteiger partial charge in [-0.2, -0.15) is 0 Å². The number of hydrogen-bond donors (Lipinski definition) is 3. The zero-order chi connectivity index (χ0) is 14.1. The third kappa shape index (κ3) is 2.38. The molecule has 1 aromatic heterocycles. The number of nitrogen functional groups attached to an aromatic ring is 1. The van der Waals surface area contributed by atoms with Crippen molar-refractivity contribution < 1.29 is 4.42 Å². The molecular formula is C15H15N3O2. The summed E-state index contributed by atoms with van der Waals surface area (Å²) >= 11 is 0. The van der Waals surface area contributed by atoms with Crippen molar-refractivity contribution in [3.05, 3.63) is 58.1 Å². The molecule has 2 aromatic carbocycles. The van der Waals surface area contributed by atoms with Gasteiger partial charge in [-0.15, -0.1) is 0 Å². The number of benzene rings is 2. The highest BCUT2D eigenvalue weighted by Crippen LogP contribution is 2.21. The van der Waals surface area contributed by atoms with E-state index in [4.69, 9.17) is 10.2 Å². The zero-order valence-electron chi connectivity index (χ0n) is 11.1. The maximum atomic E-state index is 11.1. The molecule has 5 heteroatoms.